The highest BCUT2D eigenvalue weighted by Crippen LogP contribution is 2.52. The molecule has 1 fully saturated rings. The van der Waals surface area contributed by atoms with Gasteiger partial charge >= 0.3 is 0 Å². The highest BCUT2D eigenvalue weighted by molar-refractivity contribution is 5.88. The van der Waals surface area contributed by atoms with E-state index in [4.69, 9.17) is 19.9 Å². The average molecular weight is 970 g/mol. The first-order valence-electron chi connectivity index (χ1n) is 26.1. The van der Waals surface area contributed by atoms with Gasteiger partial charge in [0.05, 0.1) is 38.2 Å². The number of aliphatic hydroxyl groups is 2. The molecule has 1 unspecified atom stereocenters. The Hall–Kier alpha value is -6.34. The van der Waals surface area contributed by atoms with Gasteiger partial charge in [-0.1, -0.05) is 92.1 Å². The fourth-order valence-corrected chi connectivity index (χ4v) is 12.5. The number of aliphatic hydroxyl groups excluding tert-OH is 2. The average Bonchev–Trinajstić information content (AvgIpc) is 3.83. The van der Waals surface area contributed by atoms with Crippen LogP contribution in [0.25, 0.3) is 22.7 Å². The van der Waals surface area contributed by atoms with E-state index in [9.17, 15) is 25.5 Å². The number of nitrogens with two attached hydrogens (primary N) is 1. The number of aromatic hydroxyl groups is 3. The van der Waals surface area contributed by atoms with Crippen LogP contribution in [-0.2, 0) is 53.8 Å². The molecule has 8 N–H and O–H groups in total. The van der Waals surface area contributed by atoms with Crippen molar-refractivity contribution in [2.75, 3.05) is 19.8 Å². The van der Waals surface area contributed by atoms with Gasteiger partial charge in [0, 0.05) is 65.1 Å². The maximum absolute atomic E-state index is 12.1. The van der Waals surface area contributed by atoms with E-state index in [1.165, 1.54) is 22.3 Å². The van der Waals surface area contributed by atoms with Crippen LogP contribution in [0.5, 0.6) is 23.0 Å². The zero-order chi connectivity index (χ0) is 49.3. The van der Waals surface area contributed by atoms with E-state index in [0.29, 0.717) is 56.3 Å². The Kier molecular flexibility index (Phi) is 13.8. The quantitative estimate of drug-likeness (QED) is 0.0620. The topological polar surface area (TPSA) is 172 Å². The van der Waals surface area contributed by atoms with Crippen LogP contribution in [0.1, 0.15) is 107 Å². The van der Waals surface area contributed by atoms with E-state index in [1.807, 2.05) is 36.4 Å². The van der Waals surface area contributed by atoms with Crippen molar-refractivity contribution in [3.05, 3.63) is 177 Å². The normalized spacial score (nSPS) is 23.7. The van der Waals surface area contributed by atoms with Crippen LogP contribution in [0.15, 0.2) is 121 Å². The van der Waals surface area contributed by atoms with Gasteiger partial charge in [-0.25, -0.2) is 0 Å². The summed E-state index contributed by atoms with van der Waals surface area (Å²) in [4.78, 5) is 0. The summed E-state index contributed by atoms with van der Waals surface area (Å²) in [7, 11) is 0. The van der Waals surface area contributed by atoms with Crippen molar-refractivity contribution in [3.63, 3.8) is 0 Å². The van der Waals surface area contributed by atoms with E-state index in [-0.39, 0.29) is 47.9 Å². The Morgan fingerprint density at radius 1 is 0.819 bits per heavy atom. The van der Waals surface area contributed by atoms with E-state index < -0.39 is 12.3 Å². The number of ether oxygens (including phenoxy) is 3. The molecule has 0 saturated carbocycles. The van der Waals surface area contributed by atoms with Crippen LogP contribution in [0, 0.1) is 11.8 Å². The van der Waals surface area contributed by atoms with Gasteiger partial charge in [0.25, 0.3) is 0 Å². The number of aromatic nitrogens is 1. The molecule has 4 aliphatic heterocycles. The maximum Gasteiger partial charge on any atom is 0.168 e. The number of hydrogen-bond acceptors (Lipinski definition) is 10. The highest BCUT2D eigenvalue weighted by atomic mass is 16.5. The first-order valence-corrected chi connectivity index (χ1v) is 26.1. The van der Waals surface area contributed by atoms with Crippen LogP contribution in [0.4, 0.5) is 0 Å². The van der Waals surface area contributed by atoms with E-state index in [1.54, 1.807) is 24.3 Å². The minimum Gasteiger partial charge on any atom is -0.508 e. The Morgan fingerprint density at radius 3 is 2.60 bits per heavy atom. The lowest BCUT2D eigenvalue weighted by Gasteiger charge is -2.49. The van der Waals surface area contributed by atoms with Crippen LogP contribution < -0.4 is 15.8 Å². The Bertz CT molecular complexity index is 3060. The maximum atomic E-state index is 12.1. The number of phenolic OH excluding ortho intramolecular Hbond substituents is 3. The van der Waals surface area contributed by atoms with Crippen LogP contribution >= 0.6 is 0 Å². The molecular weight excluding hydrogens is 903 g/mol. The summed E-state index contributed by atoms with van der Waals surface area (Å²) in [6, 6.07) is 28.2. The number of nitrogens with zero attached hydrogens (tertiary/aromatic N) is 1. The van der Waals surface area contributed by atoms with Crippen LogP contribution in [-0.4, -0.2) is 68.3 Å². The lowest BCUT2D eigenvalue weighted by Crippen LogP contribution is -2.47. The molecule has 0 radical (unpaired) electrons. The van der Waals surface area contributed by atoms with Gasteiger partial charge < -0.3 is 55.4 Å². The zero-order valence-corrected chi connectivity index (χ0v) is 40.9. The molecule has 6 aliphatic rings. The second-order valence-corrected chi connectivity index (χ2v) is 20.8. The van der Waals surface area contributed by atoms with Gasteiger partial charge in [0.1, 0.15) is 23.9 Å². The largest absolute Gasteiger partial charge is 0.508 e. The predicted molar refractivity (Wildman–Crippen MR) is 281 cm³/mol. The van der Waals surface area contributed by atoms with Gasteiger partial charge in [-0.2, -0.15) is 0 Å². The molecule has 1 aromatic heterocycles. The summed E-state index contributed by atoms with van der Waals surface area (Å²) < 4.78 is 22.0. The van der Waals surface area contributed by atoms with Gasteiger partial charge in [-0.15, -0.1) is 0 Å². The van der Waals surface area contributed by atoms with Crippen molar-refractivity contribution in [3.8, 4) is 23.0 Å². The molecule has 72 heavy (non-hydrogen) atoms. The van der Waals surface area contributed by atoms with Gasteiger partial charge in [-0.05, 0) is 137 Å². The van der Waals surface area contributed by atoms with E-state index in [2.05, 4.69) is 70.8 Å². The minimum absolute atomic E-state index is 0.0293. The molecule has 5 aromatic carbocycles. The lowest BCUT2D eigenvalue weighted by atomic mass is 9.57. The number of rotatable bonds is 11. The lowest BCUT2D eigenvalue weighted by molar-refractivity contribution is 0.00497. The second kappa shape index (κ2) is 20.6. The molecule has 5 heterocycles. The monoisotopic (exact) mass is 969 g/mol. The zero-order valence-electron chi connectivity index (χ0n) is 40.9. The Morgan fingerprint density at radius 2 is 1.71 bits per heavy atom. The summed E-state index contributed by atoms with van der Waals surface area (Å²) in [5, 5.41) is 60.5. The first-order chi connectivity index (χ1) is 35.1. The number of unbranched alkanes of at least 4 members (excludes halogenated alkanes) is 3. The molecule has 0 amide bonds. The van der Waals surface area contributed by atoms with Crippen molar-refractivity contribution in [2.45, 2.75) is 114 Å². The molecule has 6 atom stereocenters. The van der Waals surface area contributed by atoms with Gasteiger partial charge in [0.15, 0.2) is 11.5 Å². The van der Waals surface area contributed by atoms with Crippen LogP contribution in [0.2, 0.25) is 0 Å². The van der Waals surface area contributed by atoms with Crippen molar-refractivity contribution in [1.29, 1.82) is 0 Å². The Labute approximate surface area is 421 Å². The van der Waals surface area contributed by atoms with Gasteiger partial charge in [-0.3, -0.25) is 0 Å². The molecular formula is C61H67N3O8. The van der Waals surface area contributed by atoms with Crippen molar-refractivity contribution >= 4 is 22.7 Å². The van der Waals surface area contributed by atoms with Crippen LogP contribution in [0.3, 0.4) is 0 Å². The Balaban J connectivity index is 0.898. The smallest absolute Gasteiger partial charge is 0.168 e. The standard InChI is InChI=1S/C61H67N3O8/c62-58-21-17-42-35-71-50(12-4-2-1-3-8-38-14-20-55(67)43(24-38)25-39-9-7-11-49(66)26-39)31-56(68)41-16-19-51-52(29-41)45(34-65)30-57(69)59(51)72-36-46-28-48(27-44-32-64(33-53(44)46)60(42)63-58)61-22-23-70-37-47(61)18-15-40-10-5-6-13-54(40)61/h5-7,9-11,13-14,16-17,19-21,24,26-28,30,32-33,41,47,50,56,58,63,65-69H,1-4,8,12,15,18,22-23,25,29,31,34-37,62H2/t41-,47-,50-,56-,58?,61-/m0/s1. The first kappa shape index (κ1) is 48.0. The number of benzene rings is 5. The summed E-state index contributed by atoms with van der Waals surface area (Å²) in [6.07, 6.45) is 20.9. The number of fused-ring (bicyclic) bond motifs is 8. The number of dihydropyridines is 1. The number of phenols is 3. The fourth-order valence-electron chi connectivity index (χ4n) is 12.5. The third-order valence-electron chi connectivity index (χ3n) is 16.3. The molecule has 12 rings (SSSR count). The minimum atomic E-state index is -0.727. The summed E-state index contributed by atoms with van der Waals surface area (Å²) >= 11 is 0. The molecule has 0 spiro atoms. The molecule has 11 heteroatoms. The number of hydrogen-bond donors (Lipinski definition) is 7. The fraction of sp³-hybridized carbons (Fsp3) is 0.377. The van der Waals surface area contributed by atoms with Crippen molar-refractivity contribution < 1.29 is 39.7 Å². The molecule has 6 aromatic rings. The molecule has 374 valence electrons. The molecule has 6 bridgehead atoms. The molecule has 11 nitrogen and oxygen atoms in total. The molecule has 2 aliphatic carbocycles. The highest BCUT2D eigenvalue weighted by Gasteiger charge is 2.47. The third kappa shape index (κ3) is 9.56. The number of nitrogens with one attached hydrogen (secondary N) is 1. The predicted octanol–water partition coefficient (Wildman–Crippen LogP) is 9.83. The molecule has 1 saturated heterocycles. The van der Waals surface area contributed by atoms with E-state index >= 15 is 0 Å². The summed E-state index contributed by atoms with van der Waals surface area (Å²) in [5.41, 5.74) is 17.5. The second-order valence-electron chi connectivity index (χ2n) is 20.8. The number of aryl methyl sites for hydroxylation is 2. The summed E-state index contributed by atoms with van der Waals surface area (Å²) in [5.74, 6) is 1.72. The SMILES string of the molecule is NC1C=CC2=C(N1)n1cc3cc([C@]45CCOC[C@@H]4CCc4ccccc45)cc(c3c1)COc1c(O)cc(CO)c3c1C=C[C@@H](C3)[C@@H](O)C[C@H](CCCCCCc1ccc(O)c(Cc3cccc(O)c3)c1)OC2. The van der Waals surface area contributed by atoms with E-state index in [0.717, 1.165) is 108 Å². The van der Waals surface area contributed by atoms with Gasteiger partial charge in [0.2, 0.25) is 0 Å². The van der Waals surface area contributed by atoms with Crippen molar-refractivity contribution in [1.82, 2.24) is 9.88 Å². The summed E-state index contributed by atoms with van der Waals surface area (Å²) in [6.45, 7) is 1.63. The van der Waals surface area contributed by atoms with Crippen molar-refractivity contribution in [2.24, 2.45) is 17.6 Å². The third-order valence-corrected chi connectivity index (χ3v) is 16.3.